The van der Waals surface area contributed by atoms with Gasteiger partial charge in [-0.3, -0.25) is 4.79 Å². The summed E-state index contributed by atoms with van der Waals surface area (Å²) in [7, 11) is 0. The van der Waals surface area contributed by atoms with E-state index < -0.39 is 0 Å². The van der Waals surface area contributed by atoms with Crippen LogP contribution in [0.3, 0.4) is 0 Å². The van der Waals surface area contributed by atoms with E-state index in [1.54, 1.807) is 13.0 Å². The molecule has 4 nitrogen and oxygen atoms in total. The number of fused-ring (bicyclic) bond motifs is 1. The molecule has 1 aromatic heterocycles. The number of aryl methyl sites for hydroxylation is 1. The second-order valence-corrected chi connectivity index (χ2v) is 9.22. The van der Waals surface area contributed by atoms with E-state index in [2.05, 4.69) is 34.7 Å². The topological polar surface area (TPSA) is 42.7 Å². The Morgan fingerprint density at radius 2 is 1.64 bits per heavy atom. The SMILES string of the molecule is Brc1ccccc1.CCCCCN(CCC)CCCCOc1ccc2c(=O)c(C)coc2c1. The van der Waals surface area contributed by atoms with E-state index in [1.807, 2.05) is 42.5 Å². The molecular formula is C28H38BrNO3. The Hall–Kier alpha value is -2.11. The van der Waals surface area contributed by atoms with Crippen molar-refractivity contribution < 1.29 is 9.15 Å². The van der Waals surface area contributed by atoms with Gasteiger partial charge in [-0.05, 0) is 76.5 Å². The molecule has 0 amide bonds. The summed E-state index contributed by atoms with van der Waals surface area (Å²) in [5.74, 6) is 0.762. The van der Waals surface area contributed by atoms with Crippen LogP contribution in [0.5, 0.6) is 5.75 Å². The van der Waals surface area contributed by atoms with Crippen LogP contribution in [0.25, 0.3) is 11.0 Å². The molecule has 3 rings (SSSR count). The van der Waals surface area contributed by atoms with Crippen LogP contribution >= 0.6 is 15.9 Å². The Kier molecular flexibility index (Phi) is 12.9. The molecule has 180 valence electrons. The normalized spacial score (nSPS) is 10.8. The molecule has 0 saturated carbocycles. The molecule has 0 atom stereocenters. The van der Waals surface area contributed by atoms with Crippen LogP contribution in [0.1, 0.15) is 57.9 Å². The quantitative estimate of drug-likeness (QED) is 0.232. The maximum absolute atomic E-state index is 12.0. The number of benzene rings is 2. The molecule has 0 unspecified atom stereocenters. The van der Waals surface area contributed by atoms with Crippen molar-refractivity contribution in [2.45, 2.75) is 59.3 Å². The number of hydrogen-bond donors (Lipinski definition) is 0. The number of nitrogens with zero attached hydrogens (tertiary/aromatic N) is 1. The van der Waals surface area contributed by atoms with E-state index in [9.17, 15) is 4.79 Å². The average Bonchev–Trinajstić information content (AvgIpc) is 2.82. The van der Waals surface area contributed by atoms with Gasteiger partial charge in [0.25, 0.3) is 0 Å². The summed E-state index contributed by atoms with van der Waals surface area (Å²) in [5, 5.41) is 0.611. The predicted octanol–water partition coefficient (Wildman–Crippen LogP) is 7.61. The first-order valence-corrected chi connectivity index (χ1v) is 12.9. The van der Waals surface area contributed by atoms with Gasteiger partial charge in [-0.15, -0.1) is 0 Å². The Balaban J connectivity index is 0.000000468. The van der Waals surface area contributed by atoms with E-state index in [-0.39, 0.29) is 5.43 Å². The molecule has 0 N–H and O–H groups in total. The largest absolute Gasteiger partial charge is 0.493 e. The van der Waals surface area contributed by atoms with Crippen molar-refractivity contribution in [2.75, 3.05) is 26.2 Å². The molecule has 0 saturated heterocycles. The van der Waals surface area contributed by atoms with Crippen LogP contribution in [0, 0.1) is 6.92 Å². The van der Waals surface area contributed by atoms with Crippen molar-refractivity contribution >= 4 is 26.9 Å². The fourth-order valence-electron chi connectivity index (χ4n) is 3.57. The molecule has 0 aliphatic carbocycles. The van der Waals surface area contributed by atoms with E-state index in [0.29, 0.717) is 23.1 Å². The van der Waals surface area contributed by atoms with Crippen molar-refractivity contribution in [2.24, 2.45) is 0 Å². The van der Waals surface area contributed by atoms with Crippen molar-refractivity contribution in [1.82, 2.24) is 4.90 Å². The summed E-state index contributed by atoms with van der Waals surface area (Å²) in [6, 6.07) is 15.4. The fourth-order valence-corrected chi connectivity index (χ4v) is 3.88. The predicted molar refractivity (Wildman–Crippen MR) is 142 cm³/mol. The summed E-state index contributed by atoms with van der Waals surface area (Å²) in [4.78, 5) is 14.6. The Morgan fingerprint density at radius 1 is 0.909 bits per heavy atom. The lowest BCUT2D eigenvalue weighted by molar-refractivity contribution is 0.245. The highest BCUT2D eigenvalue weighted by Crippen LogP contribution is 2.19. The van der Waals surface area contributed by atoms with Gasteiger partial charge in [0.05, 0.1) is 18.3 Å². The molecule has 2 aromatic carbocycles. The van der Waals surface area contributed by atoms with Gasteiger partial charge in [0.2, 0.25) is 0 Å². The van der Waals surface area contributed by atoms with Gasteiger partial charge in [0.15, 0.2) is 5.43 Å². The minimum Gasteiger partial charge on any atom is -0.493 e. The lowest BCUT2D eigenvalue weighted by Crippen LogP contribution is -2.27. The molecule has 0 fully saturated rings. The number of ether oxygens (including phenoxy) is 1. The van der Waals surface area contributed by atoms with Crippen LogP contribution in [0.15, 0.2) is 68.5 Å². The van der Waals surface area contributed by atoms with E-state index in [1.165, 1.54) is 45.0 Å². The highest BCUT2D eigenvalue weighted by molar-refractivity contribution is 9.10. The summed E-state index contributed by atoms with van der Waals surface area (Å²) in [5.41, 5.74) is 1.24. The monoisotopic (exact) mass is 515 g/mol. The molecule has 0 bridgehead atoms. The van der Waals surface area contributed by atoms with Gasteiger partial charge in [-0.2, -0.15) is 0 Å². The highest BCUT2D eigenvalue weighted by atomic mass is 79.9. The van der Waals surface area contributed by atoms with Crippen LogP contribution in [-0.4, -0.2) is 31.1 Å². The summed E-state index contributed by atoms with van der Waals surface area (Å²) in [6.07, 6.45) is 8.80. The molecular weight excluding hydrogens is 478 g/mol. The minimum atomic E-state index is 0.0249. The first-order valence-electron chi connectivity index (χ1n) is 12.1. The molecule has 0 radical (unpaired) electrons. The lowest BCUT2D eigenvalue weighted by Gasteiger charge is -2.21. The van der Waals surface area contributed by atoms with Crippen molar-refractivity contribution in [3.63, 3.8) is 0 Å². The molecule has 0 aliphatic heterocycles. The van der Waals surface area contributed by atoms with Gasteiger partial charge in [-0.25, -0.2) is 0 Å². The first-order chi connectivity index (χ1) is 16.0. The van der Waals surface area contributed by atoms with E-state index in [0.717, 1.165) is 29.6 Å². The third-order valence-electron chi connectivity index (χ3n) is 5.41. The standard InChI is InChI=1S/C22H33NO3.C6H5Br/c1-4-6-7-13-23(12-5-2)14-8-9-15-25-19-10-11-20-21(16-19)26-17-18(3)22(20)24;7-6-4-2-1-3-5-6/h10-11,16-17H,4-9,12-15H2,1-3H3;1-5H. The van der Waals surface area contributed by atoms with Crippen molar-refractivity contribution in [3.05, 3.63) is 75.1 Å². The molecule has 1 heterocycles. The highest BCUT2D eigenvalue weighted by Gasteiger charge is 2.06. The number of halogens is 1. The van der Waals surface area contributed by atoms with Gasteiger partial charge >= 0.3 is 0 Å². The Morgan fingerprint density at radius 3 is 2.27 bits per heavy atom. The zero-order chi connectivity index (χ0) is 23.9. The maximum atomic E-state index is 12.0. The van der Waals surface area contributed by atoms with Gasteiger partial charge in [0, 0.05) is 16.1 Å². The Labute approximate surface area is 207 Å². The first kappa shape index (κ1) is 27.1. The number of unbranched alkanes of at least 4 members (excludes halogenated alkanes) is 3. The third-order valence-corrected chi connectivity index (χ3v) is 5.94. The maximum Gasteiger partial charge on any atom is 0.195 e. The summed E-state index contributed by atoms with van der Waals surface area (Å²) < 4.78 is 12.5. The zero-order valence-electron chi connectivity index (χ0n) is 20.3. The van der Waals surface area contributed by atoms with Crippen molar-refractivity contribution in [3.8, 4) is 5.75 Å². The van der Waals surface area contributed by atoms with E-state index >= 15 is 0 Å². The van der Waals surface area contributed by atoms with Gasteiger partial charge < -0.3 is 14.1 Å². The lowest BCUT2D eigenvalue weighted by atomic mass is 10.2. The van der Waals surface area contributed by atoms with Crippen LogP contribution in [0.2, 0.25) is 0 Å². The zero-order valence-corrected chi connectivity index (χ0v) is 21.9. The minimum absolute atomic E-state index is 0.0249. The molecule has 5 heteroatoms. The van der Waals surface area contributed by atoms with Gasteiger partial charge in [0.1, 0.15) is 11.3 Å². The molecule has 33 heavy (non-hydrogen) atoms. The second kappa shape index (κ2) is 15.7. The van der Waals surface area contributed by atoms with Crippen molar-refractivity contribution in [1.29, 1.82) is 0 Å². The van der Waals surface area contributed by atoms with Gasteiger partial charge in [-0.1, -0.05) is 60.8 Å². The Bertz CT molecular complexity index is 987. The smallest absolute Gasteiger partial charge is 0.195 e. The molecule has 0 spiro atoms. The summed E-state index contributed by atoms with van der Waals surface area (Å²) >= 11 is 3.31. The van der Waals surface area contributed by atoms with Crippen LogP contribution < -0.4 is 10.2 Å². The van der Waals surface area contributed by atoms with Crippen LogP contribution in [-0.2, 0) is 0 Å². The number of hydrogen-bond acceptors (Lipinski definition) is 4. The summed E-state index contributed by atoms with van der Waals surface area (Å²) in [6.45, 7) is 10.5. The number of rotatable bonds is 12. The fraction of sp³-hybridized carbons (Fsp3) is 0.464. The molecule has 0 aliphatic rings. The van der Waals surface area contributed by atoms with Crippen LogP contribution in [0.4, 0.5) is 0 Å². The third kappa shape index (κ3) is 10.1. The second-order valence-electron chi connectivity index (χ2n) is 8.31. The average molecular weight is 517 g/mol. The molecule has 3 aromatic rings. The van der Waals surface area contributed by atoms with E-state index in [4.69, 9.17) is 9.15 Å².